The smallest absolute Gasteiger partial charge is 0.369 e. The average molecular weight is 556 g/mol. The Labute approximate surface area is 222 Å². The van der Waals surface area contributed by atoms with Gasteiger partial charge in [-0.2, -0.15) is 13.2 Å². The van der Waals surface area contributed by atoms with Gasteiger partial charge in [-0.05, 0) is 36.6 Å². The maximum absolute atomic E-state index is 13.3. The van der Waals surface area contributed by atoms with Crippen molar-refractivity contribution in [3.8, 4) is 0 Å². The summed E-state index contributed by atoms with van der Waals surface area (Å²) in [5.41, 5.74) is 7.49. The van der Waals surface area contributed by atoms with E-state index in [1.165, 1.54) is 0 Å². The minimum Gasteiger partial charge on any atom is -0.369 e. The number of carbonyl (C=O) groups excluding carboxylic acids is 3. The molecule has 0 bridgehead atoms. The molecule has 1 aliphatic rings. The van der Waals surface area contributed by atoms with Crippen molar-refractivity contribution >= 4 is 46.5 Å². The number of primary amides is 1. The molecule has 37 heavy (non-hydrogen) atoms. The molecule has 0 spiro atoms. The second-order valence-electron chi connectivity index (χ2n) is 8.86. The highest BCUT2D eigenvalue weighted by Crippen LogP contribution is 2.31. The van der Waals surface area contributed by atoms with Gasteiger partial charge in [0.05, 0.1) is 5.71 Å². The highest BCUT2D eigenvalue weighted by Gasteiger charge is 2.38. The zero-order valence-corrected chi connectivity index (χ0v) is 21.5. The van der Waals surface area contributed by atoms with Crippen LogP contribution in [0.5, 0.6) is 0 Å². The van der Waals surface area contributed by atoms with Crippen molar-refractivity contribution in [2.45, 2.75) is 51.4 Å². The first kappa shape index (κ1) is 28.7. The van der Waals surface area contributed by atoms with Crippen LogP contribution in [0.2, 0.25) is 10.0 Å². The summed E-state index contributed by atoms with van der Waals surface area (Å²) in [5.74, 6) is -4.78. The number of rotatable bonds is 9. The Morgan fingerprint density at radius 2 is 1.78 bits per heavy atom. The van der Waals surface area contributed by atoms with E-state index in [1.54, 1.807) is 49.4 Å². The lowest BCUT2D eigenvalue weighted by molar-refractivity contribution is -0.146. The van der Waals surface area contributed by atoms with Crippen LogP contribution in [0.25, 0.3) is 0 Å². The number of fused-ring (bicyclic) bond motifs is 1. The van der Waals surface area contributed by atoms with Crippen molar-refractivity contribution in [1.29, 1.82) is 0 Å². The monoisotopic (exact) mass is 555 g/mol. The van der Waals surface area contributed by atoms with Crippen LogP contribution in [0.15, 0.2) is 47.5 Å². The number of ketones is 1. The highest BCUT2D eigenvalue weighted by atomic mass is 35.5. The molecular weight excluding hydrogens is 530 g/mol. The number of hydrogen-bond donors (Lipinski definition) is 2. The maximum atomic E-state index is 13.3. The van der Waals surface area contributed by atoms with Gasteiger partial charge in [-0.1, -0.05) is 60.8 Å². The van der Waals surface area contributed by atoms with E-state index in [-0.39, 0.29) is 12.8 Å². The Hall–Kier alpha value is -2.91. The summed E-state index contributed by atoms with van der Waals surface area (Å²) in [6, 6.07) is 11.7. The van der Waals surface area contributed by atoms with E-state index in [1.807, 2.05) is 0 Å². The molecule has 0 saturated heterocycles. The first-order valence-corrected chi connectivity index (χ1v) is 12.5. The van der Waals surface area contributed by atoms with E-state index in [2.05, 4.69) is 10.3 Å². The number of aliphatic imine (C=N–C) groups is 1. The van der Waals surface area contributed by atoms with Crippen LogP contribution in [0.4, 0.5) is 13.2 Å². The predicted molar refractivity (Wildman–Crippen MR) is 136 cm³/mol. The SMILES string of the molecule is CCC[C@H](C(N)=O)[C@@H](CCC(F)(F)F)C(=O)N[C@H]1N=C(c2ccc(Cl)cc2)c2cccc(Cl)c2CC1=O. The van der Waals surface area contributed by atoms with Crippen LogP contribution in [0, 0.1) is 11.8 Å². The lowest BCUT2D eigenvalue weighted by Crippen LogP contribution is -2.47. The van der Waals surface area contributed by atoms with Gasteiger partial charge in [0.15, 0.2) is 11.9 Å². The molecule has 3 rings (SSSR count). The predicted octanol–water partition coefficient (Wildman–Crippen LogP) is 5.26. The van der Waals surface area contributed by atoms with E-state index >= 15 is 0 Å². The minimum atomic E-state index is -4.54. The van der Waals surface area contributed by atoms with Gasteiger partial charge in [0, 0.05) is 45.8 Å². The molecule has 0 aromatic heterocycles. The van der Waals surface area contributed by atoms with Crippen LogP contribution in [0.3, 0.4) is 0 Å². The summed E-state index contributed by atoms with van der Waals surface area (Å²) in [5, 5.41) is 3.29. The minimum absolute atomic E-state index is 0.129. The number of carbonyl (C=O) groups is 3. The van der Waals surface area contributed by atoms with E-state index in [0.717, 1.165) is 0 Å². The fraction of sp³-hybridized carbons (Fsp3) is 0.385. The second kappa shape index (κ2) is 12.1. The van der Waals surface area contributed by atoms with Gasteiger partial charge in [-0.3, -0.25) is 19.4 Å². The van der Waals surface area contributed by atoms with Crippen molar-refractivity contribution in [1.82, 2.24) is 5.32 Å². The molecule has 2 amide bonds. The third kappa shape index (κ3) is 7.32. The van der Waals surface area contributed by atoms with E-state index in [0.29, 0.717) is 38.9 Å². The Kier molecular flexibility index (Phi) is 9.36. The number of hydrogen-bond acceptors (Lipinski definition) is 4. The number of nitrogens with one attached hydrogen (secondary N) is 1. The molecule has 2 aromatic carbocycles. The van der Waals surface area contributed by atoms with Crippen molar-refractivity contribution in [3.63, 3.8) is 0 Å². The largest absolute Gasteiger partial charge is 0.389 e. The van der Waals surface area contributed by atoms with Gasteiger partial charge in [0.25, 0.3) is 0 Å². The molecule has 11 heteroatoms. The van der Waals surface area contributed by atoms with E-state index in [4.69, 9.17) is 28.9 Å². The Balaban J connectivity index is 2.01. The van der Waals surface area contributed by atoms with Crippen molar-refractivity contribution in [2.24, 2.45) is 22.6 Å². The summed E-state index contributed by atoms with van der Waals surface area (Å²) in [4.78, 5) is 43.1. The third-order valence-corrected chi connectivity index (χ3v) is 6.82. The molecule has 0 saturated carbocycles. The molecule has 0 radical (unpaired) electrons. The molecular formula is C26H26Cl2F3N3O3. The van der Waals surface area contributed by atoms with Crippen molar-refractivity contribution < 1.29 is 27.6 Å². The topological polar surface area (TPSA) is 102 Å². The summed E-state index contributed by atoms with van der Waals surface area (Å²) in [6.07, 6.45) is -7.49. The normalized spacial score (nSPS) is 17.3. The van der Waals surface area contributed by atoms with Crippen molar-refractivity contribution in [2.75, 3.05) is 0 Å². The van der Waals surface area contributed by atoms with Gasteiger partial charge in [0.2, 0.25) is 11.8 Å². The maximum Gasteiger partial charge on any atom is 0.389 e. The van der Waals surface area contributed by atoms with Crippen molar-refractivity contribution in [3.05, 3.63) is 69.2 Å². The van der Waals surface area contributed by atoms with Gasteiger partial charge in [-0.25, -0.2) is 0 Å². The molecule has 6 nitrogen and oxygen atoms in total. The molecule has 0 aliphatic carbocycles. The van der Waals surface area contributed by atoms with Crippen LogP contribution >= 0.6 is 23.2 Å². The third-order valence-electron chi connectivity index (χ3n) is 6.21. The summed E-state index contributed by atoms with van der Waals surface area (Å²) < 4.78 is 39.0. The molecule has 3 N–H and O–H groups in total. The number of alkyl halides is 3. The fourth-order valence-electron chi connectivity index (χ4n) is 4.38. The zero-order valence-electron chi connectivity index (χ0n) is 19.9. The Morgan fingerprint density at radius 3 is 2.38 bits per heavy atom. The average Bonchev–Trinajstić information content (AvgIpc) is 2.95. The summed E-state index contributed by atoms with van der Waals surface area (Å²) in [6.45, 7) is 1.73. The molecule has 0 fully saturated rings. The number of halogens is 5. The lowest BCUT2D eigenvalue weighted by Gasteiger charge is -2.25. The van der Waals surface area contributed by atoms with Crippen LogP contribution in [-0.4, -0.2) is 35.7 Å². The van der Waals surface area contributed by atoms with Gasteiger partial charge >= 0.3 is 6.18 Å². The highest BCUT2D eigenvalue weighted by molar-refractivity contribution is 6.33. The number of Topliss-reactive ketones (excluding diaryl/α,β-unsaturated/α-hetero) is 1. The first-order valence-electron chi connectivity index (χ1n) is 11.7. The molecule has 0 unspecified atom stereocenters. The Morgan fingerprint density at radius 1 is 1.11 bits per heavy atom. The molecule has 1 heterocycles. The number of nitrogens with two attached hydrogens (primary N) is 1. The molecule has 198 valence electrons. The van der Waals surface area contributed by atoms with Crippen LogP contribution < -0.4 is 11.1 Å². The zero-order chi connectivity index (χ0) is 27.3. The number of amides is 2. The molecule has 2 aromatic rings. The van der Waals surface area contributed by atoms with Crippen LogP contribution in [0.1, 0.15) is 49.3 Å². The van der Waals surface area contributed by atoms with E-state index < -0.39 is 54.6 Å². The fourth-order valence-corrected chi connectivity index (χ4v) is 4.75. The summed E-state index contributed by atoms with van der Waals surface area (Å²) >= 11 is 12.4. The Bertz CT molecular complexity index is 1200. The standard InChI is InChI=1S/C26H26Cl2F3N3O3/c1-2-4-17(23(32)36)18(11-12-26(29,30)31)25(37)34-24-21(35)13-19-16(5-3-6-20(19)28)22(33-24)14-7-9-15(27)10-8-14/h3,5-10,17-18,24H,2,4,11-13H2,1H3,(H2,32,36)(H,34,37)/t17-,18+,24+/m0/s1. The summed E-state index contributed by atoms with van der Waals surface area (Å²) in [7, 11) is 0. The van der Waals surface area contributed by atoms with Crippen LogP contribution in [-0.2, 0) is 20.8 Å². The number of benzene rings is 2. The lowest BCUT2D eigenvalue weighted by atomic mass is 9.83. The van der Waals surface area contributed by atoms with E-state index in [9.17, 15) is 27.6 Å². The van der Waals surface area contributed by atoms with Gasteiger partial charge in [0.1, 0.15) is 0 Å². The molecule has 1 aliphatic heterocycles. The first-order chi connectivity index (χ1) is 17.4. The second-order valence-corrected chi connectivity index (χ2v) is 9.71. The quantitative estimate of drug-likeness (QED) is 0.441. The van der Waals surface area contributed by atoms with Gasteiger partial charge < -0.3 is 11.1 Å². The number of nitrogens with zero attached hydrogens (tertiary/aromatic N) is 1. The molecule has 3 atom stereocenters. The van der Waals surface area contributed by atoms with Gasteiger partial charge in [-0.15, -0.1) is 0 Å².